The van der Waals surface area contributed by atoms with Crippen molar-refractivity contribution in [2.24, 2.45) is 0 Å². The van der Waals surface area contributed by atoms with Crippen LogP contribution in [0.2, 0.25) is 0 Å². The van der Waals surface area contributed by atoms with E-state index in [2.05, 4.69) is 34.0 Å². The van der Waals surface area contributed by atoms with E-state index in [0.717, 1.165) is 31.9 Å². The maximum Gasteiger partial charge on any atom is 0.262 e. The highest BCUT2D eigenvalue weighted by atomic mass is 127. The number of benzene rings is 3. The van der Waals surface area contributed by atoms with E-state index in [1.165, 1.54) is 0 Å². The molecule has 0 atom stereocenters. The van der Waals surface area contributed by atoms with E-state index in [1.54, 1.807) is 12.1 Å². The molecule has 3 aromatic carbocycles. The van der Waals surface area contributed by atoms with Crippen LogP contribution < -0.4 is 14.8 Å². The van der Waals surface area contributed by atoms with Crippen molar-refractivity contribution >= 4 is 34.2 Å². The number of ether oxygens (including phenoxy) is 2. The fourth-order valence-corrected chi connectivity index (χ4v) is 2.97. The molecule has 0 aliphatic heterocycles. The molecule has 0 fully saturated rings. The van der Waals surface area contributed by atoms with Crippen LogP contribution in [0.5, 0.6) is 17.2 Å². The second-order valence-electron chi connectivity index (χ2n) is 6.24. The molecule has 27 heavy (non-hydrogen) atoms. The predicted octanol–water partition coefficient (Wildman–Crippen LogP) is 5.72. The number of nitrogens with one attached hydrogen (secondary N) is 1. The van der Waals surface area contributed by atoms with Gasteiger partial charge in [-0.1, -0.05) is 6.07 Å². The molecule has 4 nitrogen and oxygen atoms in total. The van der Waals surface area contributed by atoms with Crippen LogP contribution in [0.15, 0.2) is 66.7 Å². The monoisotopic (exact) mass is 473 g/mol. The lowest BCUT2D eigenvalue weighted by Crippen LogP contribution is -2.20. The lowest BCUT2D eigenvalue weighted by molar-refractivity contribution is -0.118. The Kier molecular flexibility index (Phi) is 6.34. The third-order valence-corrected chi connectivity index (χ3v) is 4.47. The minimum absolute atomic E-state index is 0.0523. The second kappa shape index (κ2) is 8.90. The molecule has 0 unspecified atom stereocenters. The highest BCUT2D eigenvalue weighted by molar-refractivity contribution is 14.1. The van der Waals surface area contributed by atoms with Crippen molar-refractivity contribution in [3.8, 4) is 17.2 Å². The van der Waals surface area contributed by atoms with Gasteiger partial charge >= 0.3 is 0 Å². The summed E-state index contributed by atoms with van der Waals surface area (Å²) in [5.74, 6) is 1.93. The van der Waals surface area contributed by atoms with E-state index in [1.807, 2.05) is 62.4 Å². The van der Waals surface area contributed by atoms with Gasteiger partial charge in [0.2, 0.25) is 0 Å². The third kappa shape index (κ3) is 5.99. The summed E-state index contributed by atoms with van der Waals surface area (Å²) in [4.78, 5) is 12.0. The average Bonchev–Trinajstić information content (AvgIpc) is 2.62. The van der Waals surface area contributed by atoms with Crippen LogP contribution in [-0.4, -0.2) is 12.5 Å². The van der Waals surface area contributed by atoms with E-state index >= 15 is 0 Å². The van der Waals surface area contributed by atoms with Crippen LogP contribution in [0, 0.1) is 17.4 Å². The minimum atomic E-state index is -0.202. The molecule has 0 radical (unpaired) electrons. The fourth-order valence-electron chi connectivity index (χ4n) is 2.61. The standard InChI is InChI=1S/C22H20INO3/c1-15-11-16(2)13-21(12-15)27-20-9-7-19(8-10-20)26-14-22(25)24-18-5-3-17(23)4-6-18/h3-13H,14H2,1-2H3,(H,24,25). The minimum Gasteiger partial charge on any atom is -0.484 e. The number of hydrogen-bond acceptors (Lipinski definition) is 3. The number of anilines is 1. The Hall–Kier alpha value is -2.54. The first-order chi connectivity index (χ1) is 13.0. The van der Waals surface area contributed by atoms with E-state index in [9.17, 15) is 4.79 Å². The molecule has 3 aromatic rings. The van der Waals surface area contributed by atoms with Crippen LogP contribution in [0.3, 0.4) is 0 Å². The smallest absolute Gasteiger partial charge is 0.262 e. The molecule has 0 saturated heterocycles. The molecule has 1 N–H and O–H groups in total. The van der Waals surface area contributed by atoms with Gasteiger partial charge in [0.05, 0.1) is 0 Å². The van der Waals surface area contributed by atoms with Crippen LogP contribution in [0.4, 0.5) is 5.69 Å². The highest BCUT2D eigenvalue weighted by Gasteiger charge is 2.05. The lowest BCUT2D eigenvalue weighted by Gasteiger charge is -2.10. The maximum atomic E-state index is 12.0. The van der Waals surface area contributed by atoms with Gasteiger partial charge < -0.3 is 14.8 Å². The van der Waals surface area contributed by atoms with Crippen molar-refractivity contribution in [3.63, 3.8) is 0 Å². The quantitative estimate of drug-likeness (QED) is 0.466. The van der Waals surface area contributed by atoms with Gasteiger partial charge in [0.25, 0.3) is 5.91 Å². The Morgan fingerprint density at radius 3 is 2.07 bits per heavy atom. The number of amides is 1. The first kappa shape index (κ1) is 19.2. The highest BCUT2D eigenvalue weighted by Crippen LogP contribution is 2.25. The number of rotatable bonds is 6. The molecule has 0 aliphatic carbocycles. The average molecular weight is 473 g/mol. The maximum absolute atomic E-state index is 12.0. The van der Waals surface area contributed by atoms with Gasteiger partial charge in [0, 0.05) is 9.26 Å². The lowest BCUT2D eigenvalue weighted by atomic mass is 10.1. The van der Waals surface area contributed by atoms with Gasteiger partial charge in [0.1, 0.15) is 17.2 Å². The van der Waals surface area contributed by atoms with Gasteiger partial charge in [-0.05, 0) is 108 Å². The Morgan fingerprint density at radius 2 is 1.44 bits per heavy atom. The summed E-state index contributed by atoms with van der Waals surface area (Å²) in [5, 5.41) is 2.80. The van der Waals surface area contributed by atoms with Gasteiger partial charge in [-0.25, -0.2) is 0 Å². The summed E-state index contributed by atoms with van der Waals surface area (Å²) >= 11 is 2.22. The van der Waals surface area contributed by atoms with Gasteiger partial charge in [-0.15, -0.1) is 0 Å². The Morgan fingerprint density at radius 1 is 0.852 bits per heavy atom. The zero-order valence-corrected chi connectivity index (χ0v) is 17.3. The van der Waals surface area contributed by atoms with Crippen molar-refractivity contribution in [1.29, 1.82) is 0 Å². The van der Waals surface area contributed by atoms with Crippen molar-refractivity contribution in [1.82, 2.24) is 0 Å². The first-order valence-corrected chi connectivity index (χ1v) is 9.60. The van der Waals surface area contributed by atoms with Crippen molar-refractivity contribution in [3.05, 3.63) is 81.4 Å². The molecular weight excluding hydrogens is 453 g/mol. The molecule has 0 saturated carbocycles. The van der Waals surface area contributed by atoms with E-state index in [-0.39, 0.29) is 12.5 Å². The van der Waals surface area contributed by atoms with Crippen LogP contribution >= 0.6 is 22.6 Å². The zero-order valence-electron chi connectivity index (χ0n) is 15.2. The van der Waals surface area contributed by atoms with E-state index in [0.29, 0.717) is 5.75 Å². The van der Waals surface area contributed by atoms with Gasteiger partial charge in [-0.3, -0.25) is 4.79 Å². The molecule has 0 aliphatic rings. The second-order valence-corrected chi connectivity index (χ2v) is 7.49. The third-order valence-electron chi connectivity index (χ3n) is 3.75. The van der Waals surface area contributed by atoms with Crippen LogP contribution in [0.25, 0.3) is 0 Å². The Balaban J connectivity index is 1.52. The van der Waals surface area contributed by atoms with Crippen molar-refractivity contribution < 1.29 is 14.3 Å². The number of aryl methyl sites for hydroxylation is 2. The fraction of sp³-hybridized carbons (Fsp3) is 0.136. The molecule has 0 spiro atoms. The zero-order chi connectivity index (χ0) is 19.2. The van der Waals surface area contributed by atoms with Crippen molar-refractivity contribution in [2.45, 2.75) is 13.8 Å². The molecule has 0 bridgehead atoms. The molecule has 3 rings (SSSR count). The van der Waals surface area contributed by atoms with Crippen LogP contribution in [-0.2, 0) is 4.79 Å². The molecule has 138 valence electrons. The SMILES string of the molecule is Cc1cc(C)cc(Oc2ccc(OCC(=O)Nc3ccc(I)cc3)cc2)c1. The summed E-state index contributed by atoms with van der Waals surface area (Å²) in [6.07, 6.45) is 0. The molecule has 0 heterocycles. The van der Waals surface area contributed by atoms with Crippen LogP contribution in [0.1, 0.15) is 11.1 Å². The largest absolute Gasteiger partial charge is 0.484 e. The molecule has 5 heteroatoms. The van der Waals surface area contributed by atoms with E-state index < -0.39 is 0 Å². The number of hydrogen-bond donors (Lipinski definition) is 1. The molecule has 1 amide bonds. The topological polar surface area (TPSA) is 47.6 Å². The number of carbonyl (C=O) groups excluding carboxylic acids is 1. The van der Waals surface area contributed by atoms with Gasteiger partial charge in [-0.2, -0.15) is 0 Å². The van der Waals surface area contributed by atoms with Crippen molar-refractivity contribution in [2.75, 3.05) is 11.9 Å². The molecule has 0 aromatic heterocycles. The summed E-state index contributed by atoms with van der Waals surface area (Å²) in [6, 6.07) is 20.9. The van der Waals surface area contributed by atoms with Gasteiger partial charge in [0.15, 0.2) is 6.61 Å². The van der Waals surface area contributed by atoms with E-state index in [4.69, 9.17) is 9.47 Å². The normalized spacial score (nSPS) is 10.3. The summed E-state index contributed by atoms with van der Waals surface area (Å²) in [7, 11) is 0. The summed E-state index contributed by atoms with van der Waals surface area (Å²) in [5.41, 5.74) is 3.06. The summed E-state index contributed by atoms with van der Waals surface area (Å²) in [6.45, 7) is 4.03. The first-order valence-electron chi connectivity index (χ1n) is 8.52. The molecular formula is C22H20INO3. The number of carbonyl (C=O) groups is 1. The predicted molar refractivity (Wildman–Crippen MR) is 116 cm³/mol. The number of halogens is 1. The Labute approximate surface area is 172 Å². The Bertz CT molecular complexity index is 901. The summed E-state index contributed by atoms with van der Waals surface area (Å²) < 4.78 is 12.5.